The van der Waals surface area contributed by atoms with E-state index in [1.807, 2.05) is 0 Å². The van der Waals surface area contributed by atoms with Gasteiger partial charge in [0.25, 0.3) is 0 Å². The van der Waals surface area contributed by atoms with Gasteiger partial charge >= 0.3 is 0 Å². The van der Waals surface area contributed by atoms with E-state index >= 15 is 0 Å². The molecule has 0 saturated heterocycles. The Balaban J connectivity index is 2.08. The largest absolute Gasteiger partial charge is 0.389 e. The zero-order chi connectivity index (χ0) is 15.5. The Hall–Kier alpha value is -1.24. The Bertz CT molecular complexity index is 405. The maximum Gasteiger partial charge on any atom is 0.160 e. The van der Waals surface area contributed by atoms with E-state index in [1.165, 1.54) is 6.07 Å². The number of hydrogen-bond acceptors (Lipinski definition) is 4. The van der Waals surface area contributed by atoms with Gasteiger partial charge in [0.15, 0.2) is 11.6 Å². The minimum absolute atomic E-state index is 0.161. The smallest absolute Gasteiger partial charge is 0.160 e. The van der Waals surface area contributed by atoms with Crippen LogP contribution in [0, 0.1) is 11.6 Å². The third kappa shape index (κ3) is 7.94. The van der Waals surface area contributed by atoms with Crippen LogP contribution in [0.1, 0.15) is 19.8 Å². The summed E-state index contributed by atoms with van der Waals surface area (Å²) in [6.07, 6.45) is 1.39. The molecule has 1 aromatic rings. The second-order valence-electron chi connectivity index (χ2n) is 4.70. The molecule has 120 valence electrons. The van der Waals surface area contributed by atoms with Crippen molar-refractivity contribution in [2.75, 3.05) is 38.3 Å². The SMILES string of the molecule is CCCCOCCOCC(O)CNc1ccc(F)c(F)c1. The maximum absolute atomic E-state index is 13.0. The first-order valence-electron chi connectivity index (χ1n) is 7.16. The second kappa shape index (κ2) is 10.5. The number of rotatable bonds is 11. The average molecular weight is 303 g/mol. The van der Waals surface area contributed by atoms with Gasteiger partial charge in [-0.2, -0.15) is 0 Å². The van der Waals surface area contributed by atoms with Crippen LogP contribution in [0.15, 0.2) is 18.2 Å². The molecule has 0 aromatic heterocycles. The van der Waals surface area contributed by atoms with Gasteiger partial charge in [0, 0.05) is 24.9 Å². The first-order chi connectivity index (χ1) is 10.1. The highest BCUT2D eigenvalue weighted by molar-refractivity contribution is 5.43. The van der Waals surface area contributed by atoms with Crippen molar-refractivity contribution in [3.8, 4) is 0 Å². The number of ether oxygens (including phenoxy) is 2. The lowest BCUT2D eigenvalue weighted by molar-refractivity contribution is 0.00749. The van der Waals surface area contributed by atoms with Crippen LogP contribution in [0.2, 0.25) is 0 Å². The van der Waals surface area contributed by atoms with E-state index in [1.54, 1.807) is 0 Å². The molecule has 6 heteroatoms. The lowest BCUT2D eigenvalue weighted by atomic mass is 10.3. The monoisotopic (exact) mass is 303 g/mol. The molecule has 1 unspecified atom stereocenters. The van der Waals surface area contributed by atoms with Crippen LogP contribution in [0.4, 0.5) is 14.5 Å². The Labute approximate surface area is 124 Å². The van der Waals surface area contributed by atoms with Crippen molar-refractivity contribution in [2.45, 2.75) is 25.9 Å². The second-order valence-corrected chi connectivity index (χ2v) is 4.70. The molecule has 0 aliphatic rings. The Kier molecular flexibility index (Phi) is 8.89. The van der Waals surface area contributed by atoms with E-state index in [9.17, 15) is 13.9 Å². The molecule has 0 heterocycles. The number of halogens is 2. The fourth-order valence-corrected chi connectivity index (χ4v) is 1.59. The highest BCUT2D eigenvalue weighted by atomic mass is 19.2. The highest BCUT2D eigenvalue weighted by Gasteiger charge is 2.06. The standard InChI is InChI=1S/C15H23F2NO3/c1-2-3-6-20-7-8-21-11-13(19)10-18-12-4-5-14(16)15(17)9-12/h4-5,9,13,18-19H,2-3,6-8,10-11H2,1H3. The molecule has 0 amide bonds. The van der Waals surface area contributed by atoms with Crippen LogP contribution >= 0.6 is 0 Å². The zero-order valence-corrected chi connectivity index (χ0v) is 12.3. The van der Waals surface area contributed by atoms with Gasteiger partial charge in [-0.25, -0.2) is 8.78 Å². The van der Waals surface area contributed by atoms with E-state index in [-0.39, 0.29) is 13.2 Å². The molecule has 0 aliphatic carbocycles. The van der Waals surface area contributed by atoms with Crippen LogP contribution in [-0.2, 0) is 9.47 Å². The summed E-state index contributed by atoms with van der Waals surface area (Å²) in [7, 11) is 0. The quantitative estimate of drug-likeness (QED) is 0.617. The van der Waals surface area contributed by atoms with Crippen molar-refractivity contribution in [3.05, 3.63) is 29.8 Å². The van der Waals surface area contributed by atoms with Crippen LogP contribution < -0.4 is 5.32 Å². The van der Waals surface area contributed by atoms with Crippen molar-refractivity contribution in [1.29, 1.82) is 0 Å². The molecule has 4 nitrogen and oxygen atoms in total. The van der Waals surface area contributed by atoms with Gasteiger partial charge in [-0.3, -0.25) is 0 Å². The predicted octanol–water partition coefficient (Wildman–Crippen LogP) is 2.57. The molecule has 0 spiro atoms. The van der Waals surface area contributed by atoms with Crippen molar-refractivity contribution < 1.29 is 23.4 Å². The van der Waals surface area contributed by atoms with Gasteiger partial charge in [-0.15, -0.1) is 0 Å². The fourth-order valence-electron chi connectivity index (χ4n) is 1.59. The number of unbranched alkanes of at least 4 members (excludes halogenated alkanes) is 1. The van der Waals surface area contributed by atoms with Crippen LogP contribution in [-0.4, -0.2) is 44.2 Å². The summed E-state index contributed by atoms with van der Waals surface area (Å²) in [6.45, 7) is 4.10. The van der Waals surface area contributed by atoms with E-state index in [2.05, 4.69) is 12.2 Å². The molecule has 0 fully saturated rings. The van der Waals surface area contributed by atoms with Crippen molar-refractivity contribution in [1.82, 2.24) is 0 Å². The van der Waals surface area contributed by atoms with E-state index < -0.39 is 17.7 Å². The van der Waals surface area contributed by atoms with Crippen LogP contribution in [0.25, 0.3) is 0 Å². The summed E-state index contributed by atoms with van der Waals surface area (Å²) in [4.78, 5) is 0. The molecule has 1 atom stereocenters. The molecule has 1 aromatic carbocycles. The minimum Gasteiger partial charge on any atom is -0.389 e. The Morgan fingerprint density at radius 3 is 2.62 bits per heavy atom. The van der Waals surface area contributed by atoms with Gasteiger partial charge in [-0.1, -0.05) is 13.3 Å². The van der Waals surface area contributed by atoms with Crippen molar-refractivity contribution >= 4 is 5.69 Å². The third-order valence-electron chi connectivity index (χ3n) is 2.79. The first-order valence-corrected chi connectivity index (χ1v) is 7.16. The average Bonchev–Trinajstić information content (AvgIpc) is 2.47. The normalized spacial score (nSPS) is 12.4. The first kappa shape index (κ1) is 17.8. The Morgan fingerprint density at radius 2 is 1.90 bits per heavy atom. The number of nitrogens with one attached hydrogen (secondary N) is 1. The number of aliphatic hydroxyl groups excluding tert-OH is 1. The summed E-state index contributed by atoms with van der Waals surface area (Å²) in [5, 5.41) is 12.5. The van der Waals surface area contributed by atoms with Gasteiger partial charge in [0.2, 0.25) is 0 Å². The topological polar surface area (TPSA) is 50.7 Å². The molecule has 0 aliphatic heterocycles. The molecular weight excluding hydrogens is 280 g/mol. The van der Waals surface area contributed by atoms with Gasteiger partial charge in [0.05, 0.1) is 25.9 Å². The summed E-state index contributed by atoms with van der Waals surface area (Å²) in [5.41, 5.74) is 0.413. The molecule has 0 bridgehead atoms. The number of aliphatic hydroxyl groups is 1. The van der Waals surface area contributed by atoms with E-state index in [0.717, 1.165) is 31.6 Å². The van der Waals surface area contributed by atoms with Crippen LogP contribution in [0.3, 0.4) is 0 Å². The highest BCUT2D eigenvalue weighted by Crippen LogP contribution is 2.12. The van der Waals surface area contributed by atoms with E-state index in [4.69, 9.17) is 9.47 Å². The zero-order valence-electron chi connectivity index (χ0n) is 12.3. The Morgan fingerprint density at radius 1 is 1.14 bits per heavy atom. The summed E-state index contributed by atoms with van der Waals surface area (Å²) < 4.78 is 36.3. The van der Waals surface area contributed by atoms with Crippen LogP contribution in [0.5, 0.6) is 0 Å². The van der Waals surface area contributed by atoms with E-state index in [0.29, 0.717) is 18.9 Å². The molecular formula is C15H23F2NO3. The number of anilines is 1. The van der Waals surface area contributed by atoms with Gasteiger partial charge < -0.3 is 19.9 Å². The summed E-state index contributed by atoms with van der Waals surface area (Å²) >= 11 is 0. The molecule has 0 radical (unpaired) electrons. The lowest BCUT2D eigenvalue weighted by Gasteiger charge is -2.13. The third-order valence-corrected chi connectivity index (χ3v) is 2.79. The number of hydrogen-bond donors (Lipinski definition) is 2. The minimum atomic E-state index is -0.921. The summed E-state index contributed by atoms with van der Waals surface area (Å²) in [6, 6.07) is 3.49. The lowest BCUT2D eigenvalue weighted by Crippen LogP contribution is -2.25. The molecule has 1 rings (SSSR count). The summed E-state index contributed by atoms with van der Waals surface area (Å²) in [5.74, 6) is -1.82. The predicted molar refractivity (Wildman–Crippen MR) is 77.4 cm³/mol. The number of benzene rings is 1. The van der Waals surface area contributed by atoms with Crippen molar-refractivity contribution in [3.63, 3.8) is 0 Å². The maximum atomic E-state index is 13.0. The van der Waals surface area contributed by atoms with Crippen molar-refractivity contribution in [2.24, 2.45) is 0 Å². The van der Waals surface area contributed by atoms with Gasteiger partial charge in [-0.05, 0) is 18.6 Å². The van der Waals surface area contributed by atoms with Gasteiger partial charge in [0.1, 0.15) is 0 Å². The fraction of sp³-hybridized carbons (Fsp3) is 0.600. The molecule has 0 saturated carbocycles. The molecule has 21 heavy (non-hydrogen) atoms. The molecule has 2 N–H and O–H groups in total.